The Morgan fingerprint density at radius 3 is 2.04 bits per heavy atom. The van der Waals surface area contributed by atoms with Gasteiger partial charge in [0.2, 0.25) is 0 Å². The highest BCUT2D eigenvalue weighted by molar-refractivity contribution is 6.01. The minimum Gasteiger partial charge on any atom is -0.480 e. The van der Waals surface area contributed by atoms with E-state index in [4.69, 9.17) is 0 Å². The fourth-order valence-corrected chi connectivity index (χ4v) is 2.64. The number of carboxylic acids is 1. The molecular formula is C18H17N3O7. The molecule has 0 radical (unpaired) electrons. The van der Waals surface area contributed by atoms with Crippen LogP contribution in [-0.2, 0) is 11.2 Å². The minimum atomic E-state index is -1.17. The first-order chi connectivity index (χ1) is 13.2. The number of carboxylic acid groups (broad SMARTS) is 1. The third kappa shape index (κ3) is 5.17. The van der Waals surface area contributed by atoms with E-state index in [2.05, 4.69) is 5.32 Å². The summed E-state index contributed by atoms with van der Waals surface area (Å²) in [6.45, 7) is 1.40. The monoisotopic (exact) mass is 387 g/mol. The van der Waals surface area contributed by atoms with E-state index in [-0.39, 0.29) is 12.0 Å². The van der Waals surface area contributed by atoms with Gasteiger partial charge in [-0.15, -0.1) is 0 Å². The SMILES string of the molecule is C[C@H](N[C@@H](Cc1ccccc1)C(=O)O)C(=O)c1cc([N+](=O)[O-])cc([N+](=O)[O-])c1. The summed E-state index contributed by atoms with van der Waals surface area (Å²) in [5, 5.41) is 34.0. The maximum Gasteiger partial charge on any atom is 0.321 e. The van der Waals surface area contributed by atoms with E-state index in [0.717, 1.165) is 23.8 Å². The second-order valence-corrected chi connectivity index (χ2v) is 6.09. The maximum atomic E-state index is 12.6. The molecule has 0 aromatic heterocycles. The fourth-order valence-electron chi connectivity index (χ4n) is 2.64. The molecule has 0 saturated heterocycles. The number of aliphatic carboxylic acids is 1. The molecule has 0 heterocycles. The molecule has 0 aliphatic rings. The van der Waals surface area contributed by atoms with Crippen LogP contribution in [0.4, 0.5) is 11.4 Å². The van der Waals surface area contributed by atoms with Crippen molar-refractivity contribution in [1.29, 1.82) is 0 Å². The second kappa shape index (κ2) is 8.82. The molecule has 2 atom stereocenters. The molecule has 0 aliphatic heterocycles. The zero-order chi connectivity index (χ0) is 20.8. The van der Waals surface area contributed by atoms with Gasteiger partial charge in [-0.2, -0.15) is 0 Å². The van der Waals surface area contributed by atoms with E-state index in [0.29, 0.717) is 0 Å². The molecule has 0 aliphatic carbocycles. The number of hydrogen-bond donors (Lipinski definition) is 2. The van der Waals surface area contributed by atoms with Crippen LogP contribution in [0.25, 0.3) is 0 Å². The van der Waals surface area contributed by atoms with Gasteiger partial charge in [0.15, 0.2) is 5.78 Å². The Labute approximate surface area is 159 Å². The van der Waals surface area contributed by atoms with E-state index < -0.39 is 45.1 Å². The molecule has 0 unspecified atom stereocenters. The lowest BCUT2D eigenvalue weighted by molar-refractivity contribution is -0.394. The predicted molar refractivity (Wildman–Crippen MR) is 98.2 cm³/mol. The molecular weight excluding hydrogens is 370 g/mol. The Kier molecular flexibility index (Phi) is 6.51. The topological polar surface area (TPSA) is 153 Å². The highest BCUT2D eigenvalue weighted by atomic mass is 16.6. The van der Waals surface area contributed by atoms with E-state index in [9.17, 15) is 34.9 Å². The number of carbonyl (C=O) groups is 2. The lowest BCUT2D eigenvalue weighted by Crippen LogP contribution is -2.46. The fraction of sp³-hybridized carbons (Fsp3) is 0.222. The van der Waals surface area contributed by atoms with Crippen molar-refractivity contribution in [3.63, 3.8) is 0 Å². The molecule has 2 aromatic carbocycles. The Balaban J connectivity index is 2.23. The summed E-state index contributed by atoms with van der Waals surface area (Å²) in [7, 11) is 0. The van der Waals surface area contributed by atoms with Crippen LogP contribution in [0.3, 0.4) is 0 Å². The zero-order valence-corrected chi connectivity index (χ0v) is 14.8. The van der Waals surface area contributed by atoms with Crippen LogP contribution in [0, 0.1) is 20.2 Å². The second-order valence-electron chi connectivity index (χ2n) is 6.09. The molecule has 28 heavy (non-hydrogen) atoms. The Bertz CT molecular complexity index is 882. The molecule has 0 amide bonds. The van der Waals surface area contributed by atoms with Gasteiger partial charge < -0.3 is 5.11 Å². The number of Topliss-reactive ketones (excluding diaryl/α,β-unsaturated/α-hetero) is 1. The van der Waals surface area contributed by atoms with Gasteiger partial charge in [0, 0.05) is 17.7 Å². The third-order valence-corrected chi connectivity index (χ3v) is 4.03. The molecule has 146 valence electrons. The number of nitro groups is 2. The van der Waals surface area contributed by atoms with Gasteiger partial charge in [0.1, 0.15) is 6.04 Å². The lowest BCUT2D eigenvalue weighted by atomic mass is 10.0. The van der Waals surface area contributed by atoms with Gasteiger partial charge >= 0.3 is 5.97 Å². The summed E-state index contributed by atoms with van der Waals surface area (Å²) in [5.41, 5.74) is -0.689. The highest BCUT2D eigenvalue weighted by Crippen LogP contribution is 2.23. The van der Waals surface area contributed by atoms with Gasteiger partial charge in [0.25, 0.3) is 11.4 Å². The summed E-state index contributed by atoms with van der Waals surface area (Å²) in [6.07, 6.45) is 0.114. The number of nitro benzene ring substituents is 2. The third-order valence-electron chi connectivity index (χ3n) is 4.03. The van der Waals surface area contributed by atoms with Gasteiger partial charge in [-0.3, -0.25) is 35.1 Å². The first-order valence-electron chi connectivity index (χ1n) is 8.20. The van der Waals surface area contributed by atoms with Crippen molar-refractivity contribution >= 4 is 23.1 Å². The molecule has 2 aromatic rings. The van der Waals surface area contributed by atoms with E-state index in [1.165, 1.54) is 6.92 Å². The van der Waals surface area contributed by atoms with Crippen LogP contribution in [-0.4, -0.2) is 38.8 Å². The average Bonchev–Trinajstić information content (AvgIpc) is 2.67. The first-order valence-corrected chi connectivity index (χ1v) is 8.20. The molecule has 2 rings (SSSR count). The summed E-state index contributed by atoms with van der Waals surface area (Å²) in [4.78, 5) is 44.4. The molecule has 10 heteroatoms. The van der Waals surface area contributed by atoms with Crippen molar-refractivity contribution in [3.05, 3.63) is 79.9 Å². The Morgan fingerprint density at radius 2 is 1.57 bits per heavy atom. The van der Waals surface area contributed by atoms with Gasteiger partial charge in [-0.25, -0.2) is 0 Å². The molecule has 2 N–H and O–H groups in total. The number of nitrogens with one attached hydrogen (secondary N) is 1. The summed E-state index contributed by atoms with van der Waals surface area (Å²) in [6, 6.07) is 9.28. The van der Waals surface area contributed by atoms with Crippen LogP contribution < -0.4 is 5.32 Å². The quantitative estimate of drug-likeness (QED) is 0.378. The highest BCUT2D eigenvalue weighted by Gasteiger charge is 2.27. The minimum absolute atomic E-state index is 0.114. The largest absolute Gasteiger partial charge is 0.480 e. The van der Waals surface area contributed by atoms with Crippen LogP contribution in [0.15, 0.2) is 48.5 Å². The number of rotatable bonds is 9. The summed E-state index contributed by atoms with van der Waals surface area (Å²) >= 11 is 0. The van der Waals surface area contributed by atoms with Crippen molar-refractivity contribution < 1.29 is 24.5 Å². The van der Waals surface area contributed by atoms with Crippen molar-refractivity contribution in [1.82, 2.24) is 5.32 Å². The smallest absolute Gasteiger partial charge is 0.321 e. The van der Waals surface area contributed by atoms with E-state index in [1.54, 1.807) is 30.3 Å². The first kappa shape index (κ1) is 20.6. The van der Waals surface area contributed by atoms with Crippen LogP contribution >= 0.6 is 0 Å². The van der Waals surface area contributed by atoms with Gasteiger partial charge in [-0.05, 0) is 18.9 Å². The molecule has 0 saturated carbocycles. The average molecular weight is 387 g/mol. The van der Waals surface area contributed by atoms with Crippen molar-refractivity contribution in [2.45, 2.75) is 25.4 Å². The van der Waals surface area contributed by atoms with Gasteiger partial charge in [0.05, 0.1) is 22.0 Å². The molecule has 0 fully saturated rings. The lowest BCUT2D eigenvalue weighted by Gasteiger charge is -2.19. The number of carbonyl (C=O) groups excluding carboxylic acids is 1. The zero-order valence-electron chi connectivity index (χ0n) is 14.8. The predicted octanol–water partition coefficient (Wildman–Crippen LogP) is 2.36. The van der Waals surface area contributed by atoms with Gasteiger partial charge in [-0.1, -0.05) is 30.3 Å². The number of nitrogens with zero attached hydrogens (tertiary/aromatic N) is 2. The number of non-ortho nitro benzene ring substituents is 2. The number of benzene rings is 2. The molecule has 0 bridgehead atoms. The summed E-state index contributed by atoms with van der Waals surface area (Å²) in [5.74, 6) is -1.86. The normalized spacial score (nSPS) is 12.8. The van der Waals surface area contributed by atoms with E-state index >= 15 is 0 Å². The van der Waals surface area contributed by atoms with Crippen molar-refractivity contribution in [3.8, 4) is 0 Å². The van der Waals surface area contributed by atoms with Crippen LogP contribution in [0.5, 0.6) is 0 Å². The maximum absolute atomic E-state index is 12.6. The number of hydrogen-bond acceptors (Lipinski definition) is 7. The van der Waals surface area contributed by atoms with Crippen LogP contribution in [0.1, 0.15) is 22.8 Å². The van der Waals surface area contributed by atoms with Crippen LogP contribution in [0.2, 0.25) is 0 Å². The van der Waals surface area contributed by atoms with Crippen molar-refractivity contribution in [2.24, 2.45) is 0 Å². The summed E-state index contributed by atoms with van der Waals surface area (Å²) < 4.78 is 0. The Hall–Kier alpha value is -3.66. The number of ketones is 1. The standard InChI is InChI=1S/C18H17N3O7/c1-11(19-16(18(23)24)7-12-5-3-2-4-6-12)17(22)13-8-14(20(25)26)10-15(9-13)21(27)28/h2-6,8-11,16,19H,7H2,1H3,(H,23,24)/t11-,16-/m0/s1. The molecule has 0 spiro atoms. The molecule has 10 nitrogen and oxygen atoms in total. The van der Waals surface area contributed by atoms with E-state index in [1.807, 2.05) is 0 Å². The van der Waals surface area contributed by atoms with Crippen molar-refractivity contribution in [2.75, 3.05) is 0 Å². The Morgan fingerprint density at radius 1 is 1.04 bits per heavy atom.